The zero-order valence-corrected chi connectivity index (χ0v) is 13.1. The van der Waals surface area contributed by atoms with E-state index in [9.17, 15) is 9.59 Å². The van der Waals surface area contributed by atoms with Crippen LogP contribution in [0.4, 0.5) is 4.79 Å². The summed E-state index contributed by atoms with van der Waals surface area (Å²) < 4.78 is 4.99. The van der Waals surface area contributed by atoms with Crippen molar-refractivity contribution in [1.82, 2.24) is 9.80 Å². The number of piperidine rings is 1. The van der Waals surface area contributed by atoms with Gasteiger partial charge in [-0.2, -0.15) is 0 Å². The van der Waals surface area contributed by atoms with Gasteiger partial charge >= 0.3 is 6.09 Å². The second-order valence-corrected chi connectivity index (χ2v) is 5.29. The Bertz CT molecular complexity index is 306. The molecule has 116 valence electrons. The third-order valence-electron chi connectivity index (χ3n) is 3.67. The van der Waals surface area contributed by atoms with E-state index in [0.717, 1.165) is 38.8 Å². The molecule has 0 N–H and O–H groups in total. The van der Waals surface area contributed by atoms with Crippen LogP contribution in [-0.2, 0) is 9.53 Å². The molecular formula is C15H28N2O3. The van der Waals surface area contributed by atoms with E-state index >= 15 is 0 Å². The number of hydrogen-bond donors (Lipinski definition) is 0. The van der Waals surface area contributed by atoms with Crippen LogP contribution in [0.2, 0.25) is 0 Å². The summed E-state index contributed by atoms with van der Waals surface area (Å²) in [6.45, 7) is 9.33. The van der Waals surface area contributed by atoms with Crippen LogP contribution in [0.1, 0.15) is 46.5 Å². The van der Waals surface area contributed by atoms with E-state index in [0.29, 0.717) is 19.7 Å². The van der Waals surface area contributed by atoms with Crippen LogP contribution >= 0.6 is 0 Å². The van der Waals surface area contributed by atoms with Gasteiger partial charge in [-0.15, -0.1) is 0 Å². The average Bonchev–Trinajstić information content (AvgIpc) is 2.47. The van der Waals surface area contributed by atoms with Gasteiger partial charge in [0, 0.05) is 32.1 Å². The quantitative estimate of drug-likeness (QED) is 0.753. The molecule has 5 heteroatoms. The maximum absolute atomic E-state index is 12.5. The number of nitrogens with zero attached hydrogens (tertiary/aromatic N) is 2. The topological polar surface area (TPSA) is 49.9 Å². The summed E-state index contributed by atoms with van der Waals surface area (Å²) >= 11 is 0. The summed E-state index contributed by atoms with van der Waals surface area (Å²) in [5.74, 6) is 0.330. The SMILES string of the molecule is CCCN(CCC)C(=O)C1CCN(C(=O)OCC)CC1. The van der Waals surface area contributed by atoms with E-state index < -0.39 is 0 Å². The Balaban J connectivity index is 2.46. The lowest BCUT2D eigenvalue weighted by Gasteiger charge is -2.33. The van der Waals surface area contributed by atoms with Gasteiger partial charge in [0.15, 0.2) is 0 Å². The minimum Gasteiger partial charge on any atom is -0.450 e. The van der Waals surface area contributed by atoms with Gasteiger partial charge in [-0.3, -0.25) is 4.79 Å². The number of ether oxygens (including phenoxy) is 1. The summed E-state index contributed by atoms with van der Waals surface area (Å²) in [4.78, 5) is 27.8. The molecule has 5 nitrogen and oxygen atoms in total. The lowest BCUT2D eigenvalue weighted by Crippen LogP contribution is -2.45. The van der Waals surface area contributed by atoms with Crippen molar-refractivity contribution in [3.05, 3.63) is 0 Å². The average molecular weight is 284 g/mol. The molecule has 2 amide bonds. The maximum atomic E-state index is 12.5. The molecule has 0 bridgehead atoms. The molecule has 0 unspecified atom stereocenters. The van der Waals surface area contributed by atoms with E-state index in [1.165, 1.54) is 0 Å². The third kappa shape index (κ3) is 4.69. The highest BCUT2D eigenvalue weighted by Crippen LogP contribution is 2.20. The molecule has 0 aromatic carbocycles. The molecule has 0 radical (unpaired) electrons. The molecule has 0 aliphatic carbocycles. The molecule has 1 heterocycles. The summed E-state index contributed by atoms with van der Waals surface area (Å²) in [6.07, 6.45) is 3.24. The molecule has 1 aliphatic heterocycles. The van der Waals surface area contributed by atoms with Gasteiger partial charge in [-0.05, 0) is 32.6 Å². The zero-order chi connectivity index (χ0) is 15.0. The Morgan fingerprint density at radius 1 is 1.10 bits per heavy atom. The predicted molar refractivity (Wildman–Crippen MR) is 78.5 cm³/mol. The first kappa shape index (κ1) is 16.8. The third-order valence-corrected chi connectivity index (χ3v) is 3.67. The van der Waals surface area contributed by atoms with E-state index in [4.69, 9.17) is 4.74 Å². The fourth-order valence-electron chi connectivity index (χ4n) is 2.65. The van der Waals surface area contributed by atoms with Gasteiger partial charge in [0.05, 0.1) is 6.61 Å². The van der Waals surface area contributed by atoms with E-state index in [2.05, 4.69) is 13.8 Å². The molecule has 0 spiro atoms. The molecule has 0 aromatic rings. The number of hydrogen-bond acceptors (Lipinski definition) is 3. The van der Waals surface area contributed by atoms with Gasteiger partial charge < -0.3 is 14.5 Å². The minimum atomic E-state index is -0.252. The van der Waals surface area contributed by atoms with Crippen LogP contribution in [0.25, 0.3) is 0 Å². The highest BCUT2D eigenvalue weighted by atomic mass is 16.6. The molecule has 0 aromatic heterocycles. The maximum Gasteiger partial charge on any atom is 0.409 e. The van der Waals surface area contributed by atoms with Gasteiger partial charge in [-0.1, -0.05) is 13.8 Å². The van der Waals surface area contributed by atoms with E-state index in [-0.39, 0.29) is 17.9 Å². The van der Waals surface area contributed by atoms with Crippen molar-refractivity contribution in [3.8, 4) is 0 Å². The molecular weight excluding hydrogens is 256 g/mol. The lowest BCUT2D eigenvalue weighted by atomic mass is 9.95. The van der Waals surface area contributed by atoms with Crippen LogP contribution in [0.5, 0.6) is 0 Å². The molecule has 1 fully saturated rings. The largest absolute Gasteiger partial charge is 0.450 e. The molecule has 1 saturated heterocycles. The Morgan fingerprint density at radius 2 is 1.65 bits per heavy atom. The fourth-order valence-corrected chi connectivity index (χ4v) is 2.65. The predicted octanol–water partition coefficient (Wildman–Crippen LogP) is 2.50. The number of likely N-dealkylation sites (tertiary alicyclic amines) is 1. The van der Waals surface area contributed by atoms with Gasteiger partial charge in [-0.25, -0.2) is 4.79 Å². The first-order chi connectivity index (χ1) is 9.63. The molecule has 1 rings (SSSR count). The molecule has 1 aliphatic rings. The first-order valence-electron chi connectivity index (χ1n) is 7.84. The monoisotopic (exact) mass is 284 g/mol. The summed E-state index contributed by atoms with van der Waals surface area (Å²) in [5.41, 5.74) is 0. The second-order valence-electron chi connectivity index (χ2n) is 5.29. The van der Waals surface area contributed by atoms with Crippen LogP contribution in [0, 0.1) is 5.92 Å². The van der Waals surface area contributed by atoms with Crippen molar-refractivity contribution in [3.63, 3.8) is 0 Å². The molecule has 0 saturated carbocycles. The van der Waals surface area contributed by atoms with Crippen molar-refractivity contribution >= 4 is 12.0 Å². The minimum absolute atomic E-state index is 0.0683. The number of carbonyl (C=O) groups excluding carboxylic acids is 2. The van der Waals surface area contributed by atoms with Crippen LogP contribution in [0.15, 0.2) is 0 Å². The Kier molecular flexibility index (Phi) is 7.41. The number of amides is 2. The lowest BCUT2D eigenvalue weighted by molar-refractivity contribution is -0.137. The van der Waals surface area contributed by atoms with Crippen molar-refractivity contribution in [2.24, 2.45) is 5.92 Å². The highest BCUT2D eigenvalue weighted by Gasteiger charge is 2.30. The fraction of sp³-hybridized carbons (Fsp3) is 0.867. The zero-order valence-electron chi connectivity index (χ0n) is 13.1. The van der Waals surface area contributed by atoms with E-state index in [1.807, 2.05) is 11.8 Å². The normalized spacial score (nSPS) is 16.1. The summed E-state index contributed by atoms with van der Waals surface area (Å²) in [5, 5.41) is 0. The standard InChI is InChI=1S/C15H28N2O3/c1-4-9-16(10-5-2)14(18)13-7-11-17(12-8-13)15(19)20-6-3/h13H,4-12H2,1-3H3. The van der Waals surface area contributed by atoms with Crippen LogP contribution < -0.4 is 0 Å². The summed E-state index contributed by atoms with van der Waals surface area (Å²) in [6, 6.07) is 0. The van der Waals surface area contributed by atoms with Crippen molar-refractivity contribution in [2.75, 3.05) is 32.8 Å². The van der Waals surface area contributed by atoms with Crippen molar-refractivity contribution in [2.45, 2.75) is 46.5 Å². The van der Waals surface area contributed by atoms with Crippen LogP contribution in [0.3, 0.4) is 0 Å². The highest BCUT2D eigenvalue weighted by molar-refractivity contribution is 5.79. The summed E-state index contributed by atoms with van der Waals surface area (Å²) in [7, 11) is 0. The Morgan fingerprint density at radius 3 is 2.10 bits per heavy atom. The van der Waals surface area contributed by atoms with Gasteiger partial charge in [0.1, 0.15) is 0 Å². The van der Waals surface area contributed by atoms with Crippen LogP contribution in [-0.4, -0.2) is 54.6 Å². The van der Waals surface area contributed by atoms with E-state index in [1.54, 1.807) is 4.90 Å². The first-order valence-corrected chi connectivity index (χ1v) is 7.84. The molecule has 0 atom stereocenters. The Hall–Kier alpha value is -1.26. The van der Waals surface area contributed by atoms with Crippen molar-refractivity contribution < 1.29 is 14.3 Å². The van der Waals surface area contributed by atoms with Gasteiger partial charge in [0.25, 0.3) is 0 Å². The second kappa shape index (κ2) is 8.82. The smallest absolute Gasteiger partial charge is 0.409 e. The molecule has 20 heavy (non-hydrogen) atoms. The Labute approximate surface area is 122 Å². The number of carbonyl (C=O) groups is 2. The van der Waals surface area contributed by atoms with Gasteiger partial charge in [0.2, 0.25) is 5.91 Å². The number of rotatable bonds is 6. The van der Waals surface area contributed by atoms with Crippen molar-refractivity contribution in [1.29, 1.82) is 0 Å².